The fourth-order valence-corrected chi connectivity index (χ4v) is 5.04. The average molecular weight is 378 g/mol. The lowest BCUT2D eigenvalue weighted by Crippen LogP contribution is -2.29. The predicted octanol–water partition coefficient (Wildman–Crippen LogP) is 4.71. The van der Waals surface area contributed by atoms with Gasteiger partial charge in [-0.1, -0.05) is 23.4 Å². The van der Waals surface area contributed by atoms with E-state index in [2.05, 4.69) is 16.5 Å². The molecule has 2 aromatic heterocycles. The van der Waals surface area contributed by atoms with E-state index >= 15 is 0 Å². The number of hydrogen-bond donors (Lipinski definition) is 2. The van der Waals surface area contributed by atoms with Gasteiger partial charge in [-0.3, -0.25) is 4.79 Å². The average Bonchev–Trinajstić information content (AvgIpc) is 3.31. The van der Waals surface area contributed by atoms with Gasteiger partial charge in [0, 0.05) is 22.6 Å². The van der Waals surface area contributed by atoms with Crippen molar-refractivity contribution in [3.8, 4) is 5.75 Å². The van der Waals surface area contributed by atoms with E-state index < -0.39 is 0 Å². The number of phenolic OH excluding ortho intramolecular Hbond substituents is 1. The van der Waals surface area contributed by atoms with Gasteiger partial charge in [0.25, 0.3) is 0 Å². The van der Waals surface area contributed by atoms with Gasteiger partial charge in [0.05, 0.1) is 17.2 Å². The first-order valence-corrected chi connectivity index (χ1v) is 9.81. The van der Waals surface area contributed by atoms with Crippen LogP contribution < -0.4 is 5.32 Å². The molecule has 5 rings (SSSR count). The summed E-state index contributed by atoms with van der Waals surface area (Å²) < 4.78 is 5.52. The van der Waals surface area contributed by atoms with E-state index in [0.29, 0.717) is 12.3 Å². The Balaban J connectivity index is 1.60. The summed E-state index contributed by atoms with van der Waals surface area (Å²) in [5, 5.41) is 19.0. The lowest BCUT2D eigenvalue weighted by molar-refractivity contribution is -0.116. The highest BCUT2D eigenvalue weighted by Gasteiger charge is 2.41. The standard InChI is InChI=1S/C21H18N2O3S/c1-11-18-20(17-3-2-8-27-17)19-15(22-21(18)26-23-11)9-13(10-16(19)25)12-4-6-14(24)7-5-12/h2-8,13,20,22,24H,9-10H2,1H3/t13-,20-/m1/s1. The van der Waals surface area contributed by atoms with E-state index in [0.717, 1.165) is 39.4 Å². The van der Waals surface area contributed by atoms with Gasteiger partial charge in [0.2, 0.25) is 5.88 Å². The molecule has 0 fully saturated rings. The van der Waals surface area contributed by atoms with E-state index in [4.69, 9.17) is 4.52 Å². The van der Waals surface area contributed by atoms with Crippen molar-refractivity contribution in [3.63, 3.8) is 0 Å². The monoisotopic (exact) mass is 378 g/mol. The van der Waals surface area contributed by atoms with Gasteiger partial charge >= 0.3 is 0 Å². The summed E-state index contributed by atoms with van der Waals surface area (Å²) in [6.07, 6.45) is 1.19. The van der Waals surface area contributed by atoms with Crippen LogP contribution in [0.2, 0.25) is 0 Å². The third-order valence-electron chi connectivity index (χ3n) is 5.45. The van der Waals surface area contributed by atoms with E-state index in [1.807, 2.05) is 30.5 Å². The van der Waals surface area contributed by atoms with Gasteiger partial charge in [-0.25, -0.2) is 0 Å². The number of ketones is 1. The van der Waals surface area contributed by atoms with Gasteiger partial charge in [0.15, 0.2) is 5.78 Å². The van der Waals surface area contributed by atoms with Crippen LogP contribution in [0.3, 0.4) is 0 Å². The number of allylic oxidation sites excluding steroid dienone is 2. The minimum Gasteiger partial charge on any atom is -0.508 e. The molecule has 0 saturated carbocycles. The first kappa shape index (κ1) is 16.3. The second-order valence-corrected chi connectivity index (χ2v) is 8.08. The number of phenols is 1. The highest BCUT2D eigenvalue weighted by molar-refractivity contribution is 7.10. The highest BCUT2D eigenvalue weighted by atomic mass is 32.1. The van der Waals surface area contributed by atoms with Crippen LogP contribution in [0.1, 0.15) is 46.4 Å². The normalized spacial score (nSPS) is 21.6. The fraction of sp³-hybridized carbons (Fsp3) is 0.238. The van der Waals surface area contributed by atoms with Gasteiger partial charge < -0.3 is 14.9 Å². The van der Waals surface area contributed by atoms with Crippen LogP contribution in [0.4, 0.5) is 5.88 Å². The molecule has 0 unspecified atom stereocenters. The van der Waals surface area contributed by atoms with Crippen LogP contribution in [0, 0.1) is 6.92 Å². The number of thiophene rings is 1. The minimum absolute atomic E-state index is 0.0823. The van der Waals surface area contributed by atoms with Gasteiger partial charge in [-0.05, 0) is 48.4 Å². The Bertz CT molecular complexity index is 1050. The summed E-state index contributed by atoms with van der Waals surface area (Å²) in [7, 11) is 0. The van der Waals surface area contributed by atoms with Crippen molar-refractivity contribution in [1.29, 1.82) is 0 Å². The number of Topliss-reactive ketones (excluding diaryl/α,β-unsaturated/α-hetero) is 1. The molecule has 5 nitrogen and oxygen atoms in total. The van der Waals surface area contributed by atoms with Crippen molar-refractivity contribution in [2.75, 3.05) is 5.32 Å². The lowest BCUT2D eigenvalue weighted by atomic mass is 9.74. The number of aromatic hydroxyl groups is 1. The van der Waals surface area contributed by atoms with Crippen molar-refractivity contribution in [3.05, 3.63) is 74.7 Å². The molecule has 0 saturated heterocycles. The highest BCUT2D eigenvalue weighted by Crippen LogP contribution is 2.49. The maximum atomic E-state index is 13.2. The first-order valence-electron chi connectivity index (χ1n) is 8.93. The molecule has 2 aliphatic rings. The number of aryl methyl sites for hydroxylation is 1. The van der Waals surface area contributed by atoms with Gasteiger partial charge in [-0.15, -0.1) is 11.3 Å². The molecule has 1 aliphatic carbocycles. The lowest BCUT2D eigenvalue weighted by Gasteiger charge is -2.34. The maximum absolute atomic E-state index is 13.2. The molecule has 0 radical (unpaired) electrons. The number of rotatable bonds is 2. The molecule has 3 heterocycles. The molecule has 0 amide bonds. The summed E-state index contributed by atoms with van der Waals surface area (Å²) >= 11 is 1.65. The first-order chi connectivity index (χ1) is 13.1. The second kappa shape index (κ2) is 6.09. The zero-order valence-corrected chi connectivity index (χ0v) is 15.5. The summed E-state index contributed by atoms with van der Waals surface area (Å²) in [4.78, 5) is 14.4. The molecule has 1 aliphatic heterocycles. The summed E-state index contributed by atoms with van der Waals surface area (Å²) in [6.45, 7) is 1.92. The molecule has 1 aromatic carbocycles. The maximum Gasteiger partial charge on any atom is 0.233 e. The van der Waals surface area contributed by atoms with E-state index in [-0.39, 0.29) is 23.4 Å². The largest absolute Gasteiger partial charge is 0.508 e. The molecule has 27 heavy (non-hydrogen) atoms. The Kier molecular flexibility index (Phi) is 3.68. The third-order valence-corrected chi connectivity index (χ3v) is 6.39. The van der Waals surface area contributed by atoms with Crippen LogP contribution in [0.15, 0.2) is 57.6 Å². The smallest absolute Gasteiger partial charge is 0.233 e. The van der Waals surface area contributed by atoms with E-state index in [1.54, 1.807) is 23.5 Å². The quantitative estimate of drug-likeness (QED) is 0.675. The van der Waals surface area contributed by atoms with Crippen LogP contribution in [-0.4, -0.2) is 16.0 Å². The van der Waals surface area contributed by atoms with Crippen molar-refractivity contribution in [2.24, 2.45) is 0 Å². The van der Waals surface area contributed by atoms with Crippen LogP contribution in [0.5, 0.6) is 5.75 Å². The topological polar surface area (TPSA) is 75.4 Å². The molecule has 3 aromatic rings. The number of anilines is 1. The third kappa shape index (κ3) is 2.59. The Morgan fingerprint density at radius 1 is 1.22 bits per heavy atom. The summed E-state index contributed by atoms with van der Waals surface area (Å²) in [5.41, 5.74) is 4.60. The number of carbonyl (C=O) groups excluding carboxylic acids is 1. The fourth-order valence-electron chi connectivity index (χ4n) is 4.19. The number of hydrogen-bond acceptors (Lipinski definition) is 6. The van der Waals surface area contributed by atoms with Crippen LogP contribution in [-0.2, 0) is 4.79 Å². The molecule has 2 N–H and O–H groups in total. The van der Waals surface area contributed by atoms with Crippen molar-refractivity contribution < 1.29 is 14.4 Å². The molecular formula is C21H18N2O3S. The molecule has 2 atom stereocenters. The molecule has 0 bridgehead atoms. The second-order valence-electron chi connectivity index (χ2n) is 7.10. The number of benzene rings is 1. The number of fused-ring (bicyclic) bond motifs is 1. The van der Waals surface area contributed by atoms with Crippen molar-refractivity contribution in [1.82, 2.24) is 5.16 Å². The van der Waals surface area contributed by atoms with E-state index in [9.17, 15) is 9.90 Å². The van der Waals surface area contributed by atoms with Crippen LogP contribution >= 0.6 is 11.3 Å². The summed E-state index contributed by atoms with van der Waals surface area (Å²) in [5.74, 6) is 1.00. The molecule has 0 spiro atoms. The number of nitrogens with one attached hydrogen (secondary N) is 1. The number of aromatic nitrogens is 1. The number of carbonyl (C=O) groups is 1. The van der Waals surface area contributed by atoms with E-state index in [1.165, 1.54) is 0 Å². The Morgan fingerprint density at radius 3 is 2.78 bits per heavy atom. The number of nitrogens with zero attached hydrogens (tertiary/aromatic N) is 1. The summed E-state index contributed by atoms with van der Waals surface area (Å²) in [6, 6.07) is 11.2. The Morgan fingerprint density at radius 2 is 2.04 bits per heavy atom. The van der Waals surface area contributed by atoms with Gasteiger partial charge in [0.1, 0.15) is 5.75 Å². The van der Waals surface area contributed by atoms with Gasteiger partial charge in [-0.2, -0.15) is 0 Å². The minimum atomic E-state index is -0.115. The predicted molar refractivity (Wildman–Crippen MR) is 103 cm³/mol. The van der Waals surface area contributed by atoms with Crippen molar-refractivity contribution >= 4 is 23.0 Å². The van der Waals surface area contributed by atoms with Crippen molar-refractivity contribution in [2.45, 2.75) is 31.6 Å². The van der Waals surface area contributed by atoms with Crippen LogP contribution in [0.25, 0.3) is 0 Å². The molecule has 6 heteroatoms. The Labute approximate surface area is 160 Å². The SMILES string of the molecule is Cc1noc2c1[C@@H](c1cccs1)C1=C(C[C@@H](c3ccc(O)cc3)CC1=O)N2. The molecular weight excluding hydrogens is 360 g/mol. The molecule has 136 valence electrons. The zero-order valence-electron chi connectivity index (χ0n) is 14.7. The zero-order chi connectivity index (χ0) is 18.5. The Hall–Kier alpha value is -2.86.